The maximum absolute atomic E-state index is 6.45. The van der Waals surface area contributed by atoms with Crippen molar-refractivity contribution in [3.8, 4) is 0 Å². The Morgan fingerprint density at radius 2 is 1.96 bits per heavy atom. The highest BCUT2D eigenvalue weighted by atomic mass is 35.5. The highest BCUT2D eigenvalue weighted by Crippen LogP contribution is 2.33. The van der Waals surface area contributed by atoms with Gasteiger partial charge >= 0.3 is 0 Å². The second-order valence-corrected chi connectivity index (χ2v) is 6.52. The van der Waals surface area contributed by atoms with E-state index >= 15 is 0 Å². The number of hydrogen-bond donors (Lipinski definition) is 0. The molecule has 0 unspecified atom stereocenters. The Labute approximate surface area is 154 Å². The molecule has 0 N–H and O–H groups in total. The van der Waals surface area contributed by atoms with Crippen molar-refractivity contribution in [2.75, 3.05) is 6.61 Å². The summed E-state index contributed by atoms with van der Waals surface area (Å²) in [7, 11) is 0. The minimum atomic E-state index is 0.600. The zero-order chi connectivity index (χ0) is 17.4. The van der Waals surface area contributed by atoms with Gasteiger partial charge in [-0.3, -0.25) is 0 Å². The van der Waals surface area contributed by atoms with Crippen molar-refractivity contribution in [3.63, 3.8) is 0 Å². The third-order valence-electron chi connectivity index (χ3n) is 3.77. The van der Waals surface area contributed by atoms with Crippen LogP contribution in [-0.2, 0) is 4.74 Å². The van der Waals surface area contributed by atoms with E-state index in [1.807, 2.05) is 22.9 Å². The van der Waals surface area contributed by atoms with Crippen molar-refractivity contribution >= 4 is 34.7 Å². The van der Waals surface area contributed by atoms with Crippen molar-refractivity contribution in [2.24, 2.45) is 0 Å². The van der Waals surface area contributed by atoms with E-state index < -0.39 is 0 Å². The lowest BCUT2D eigenvalue weighted by molar-refractivity contribution is 0.269. The van der Waals surface area contributed by atoms with Gasteiger partial charge in [0.1, 0.15) is 5.76 Å². The van der Waals surface area contributed by atoms with Crippen molar-refractivity contribution in [3.05, 3.63) is 52.5 Å². The van der Waals surface area contributed by atoms with E-state index in [0.29, 0.717) is 16.7 Å². The fraction of sp³-hybridized carbons (Fsp3) is 0.421. The van der Waals surface area contributed by atoms with E-state index in [0.717, 1.165) is 49.1 Å². The molecule has 0 radical (unpaired) electrons. The van der Waals surface area contributed by atoms with Crippen LogP contribution in [0.15, 0.2) is 36.9 Å². The predicted octanol–water partition coefficient (Wildman–Crippen LogP) is 6.52. The van der Waals surface area contributed by atoms with Crippen LogP contribution < -0.4 is 0 Å². The highest BCUT2D eigenvalue weighted by Gasteiger charge is 2.16. The minimum Gasteiger partial charge on any atom is -0.491 e. The number of nitrogens with zero attached hydrogens (tertiary/aromatic N) is 2. The first kappa shape index (κ1) is 18.9. The summed E-state index contributed by atoms with van der Waals surface area (Å²) in [5.41, 5.74) is 1.95. The molecular weight excluding hydrogens is 343 g/mol. The van der Waals surface area contributed by atoms with Crippen molar-refractivity contribution in [2.45, 2.75) is 46.0 Å². The van der Waals surface area contributed by atoms with Crippen LogP contribution in [0.4, 0.5) is 0 Å². The van der Waals surface area contributed by atoms with Crippen molar-refractivity contribution in [1.82, 2.24) is 9.55 Å². The molecule has 0 aliphatic carbocycles. The summed E-state index contributed by atoms with van der Waals surface area (Å²) >= 11 is 12.5. The second kappa shape index (κ2) is 9.75. The number of rotatable bonds is 9. The molecule has 0 aliphatic heterocycles. The first-order valence-electron chi connectivity index (χ1n) is 8.47. The lowest BCUT2D eigenvalue weighted by atomic mass is 10.1. The van der Waals surface area contributed by atoms with Crippen LogP contribution in [0.3, 0.4) is 0 Å². The molecule has 0 fully saturated rings. The normalized spacial score (nSPS) is 12.2. The number of unbranched alkanes of at least 4 members (excludes halogenated alkanes) is 2. The molecular formula is C19H24Cl2N2O. The molecule has 24 heavy (non-hydrogen) atoms. The summed E-state index contributed by atoms with van der Waals surface area (Å²) in [6.45, 7) is 4.99. The Morgan fingerprint density at radius 1 is 1.17 bits per heavy atom. The number of hydrogen-bond acceptors (Lipinski definition) is 2. The van der Waals surface area contributed by atoms with Crippen molar-refractivity contribution in [1.29, 1.82) is 0 Å². The van der Waals surface area contributed by atoms with E-state index in [2.05, 4.69) is 18.8 Å². The maximum Gasteiger partial charge on any atom is 0.147 e. The van der Waals surface area contributed by atoms with E-state index in [-0.39, 0.29) is 0 Å². The third kappa shape index (κ3) is 5.02. The quantitative estimate of drug-likeness (QED) is 0.372. The number of ether oxygens (including phenoxy) is 1. The van der Waals surface area contributed by atoms with Gasteiger partial charge in [0.25, 0.3) is 0 Å². The standard InChI is InChI=1S/C19H24Cl2N2O/c1-3-5-7-18(23-11-10-22-14-23)19(24-12-6-4-2)16-9-8-15(20)13-17(16)21/h8-11,13-14H,3-7,12H2,1-2H3/b19-18+. The number of imidazole rings is 1. The summed E-state index contributed by atoms with van der Waals surface area (Å²) in [5, 5.41) is 1.22. The fourth-order valence-corrected chi connectivity index (χ4v) is 2.93. The Kier molecular flexibility index (Phi) is 7.67. The summed E-state index contributed by atoms with van der Waals surface area (Å²) in [6, 6.07) is 5.53. The average Bonchev–Trinajstić information content (AvgIpc) is 3.08. The zero-order valence-electron chi connectivity index (χ0n) is 14.3. The number of allylic oxidation sites excluding steroid dienone is 1. The van der Waals surface area contributed by atoms with Gasteiger partial charge in [0.05, 0.1) is 23.7 Å². The molecule has 1 aromatic heterocycles. The van der Waals surface area contributed by atoms with Gasteiger partial charge in [0.2, 0.25) is 0 Å². The minimum absolute atomic E-state index is 0.600. The molecule has 0 saturated carbocycles. The Morgan fingerprint density at radius 3 is 2.58 bits per heavy atom. The van der Waals surface area contributed by atoms with Gasteiger partial charge in [0.15, 0.2) is 0 Å². The monoisotopic (exact) mass is 366 g/mol. The van der Waals surface area contributed by atoms with Gasteiger partial charge in [-0.05, 0) is 37.5 Å². The largest absolute Gasteiger partial charge is 0.491 e. The molecule has 2 rings (SSSR count). The van der Waals surface area contributed by atoms with E-state index in [9.17, 15) is 0 Å². The van der Waals surface area contributed by atoms with Crippen LogP contribution in [0.1, 0.15) is 51.5 Å². The van der Waals surface area contributed by atoms with Crippen molar-refractivity contribution < 1.29 is 4.74 Å². The molecule has 130 valence electrons. The van der Waals surface area contributed by atoms with Gasteiger partial charge in [-0.2, -0.15) is 0 Å². The molecule has 0 saturated heterocycles. The van der Waals surface area contributed by atoms with Gasteiger partial charge in [0, 0.05) is 23.0 Å². The maximum atomic E-state index is 6.45. The molecule has 0 amide bonds. The summed E-state index contributed by atoms with van der Waals surface area (Å²) < 4.78 is 8.19. The fourth-order valence-electron chi connectivity index (χ4n) is 2.43. The SMILES string of the molecule is CCCCO/C(=C(\CCCC)n1ccnc1)c1ccc(Cl)cc1Cl. The van der Waals surface area contributed by atoms with E-state index in [1.54, 1.807) is 18.6 Å². The predicted molar refractivity (Wildman–Crippen MR) is 102 cm³/mol. The van der Waals surface area contributed by atoms with Crippen LogP contribution >= 0.6 is 23.2 Å². The molecule has 0 atom stereocenters. The third-order valence-corrected chi connectivity index (χ3v) is 4.31. The molecule has 1 heterocycles. The molecule has 0 bridgehead atoms. The Bertz CT molecular complexity index is 666. The van der Waals surface area contributed by atoms with E-state index in [4.69, 9.17) is 27.9 Å². The Balaban J connectivity index is 2.50. The molecule has 2 aromatic rings. The number of benzene rings is 1. The topological polar surface area (TPSA) is 27.1 Å². The van der Waals surface area contributed by atoms with Crippen LogP contribution in [-0.4, -0.2) is 16.2 Å². The van der Waals surface area contributed by atoms with Crippen LogP contribution in [0.2, 0.25) is 10.0 Å². The zero-order valence-corrected chi connectivity index (χ0v) is 15.8. The van der Waals surface area contributed by atoms with Gasteiger partial charge < -0.3 is 9.30 Å². The van der Waals surface area contributed by atoms with Crippen LogP contribution in [0.5, 0.6) is 0 Å². The lowest BCUT2D eigenvalue weighted by Gasteiger charge is -2.18. The first-order chi connectivity index (χ1) is 11.7. The van der Waals surface area contributed by atoms with Gasteiger partial charge in [-0.25, -0.2) is 4.98 Å². The summed E-state index contributed by atoms with van der Waals surface area (Å²) in [6.07, 6.45) is 10.7. The summed E-state index contributed by atoms with van der Waals surface area (Å²) in [5.74, 6) is 0.816. The van der Waals surface area contributed by atoms with Crippen LogP contribution in [0, 0.1) is 0 Å². The van der Waals surface area contributed by atoms with Gasteiger partial charge in [-0.15, -0.1) is 0 Å². The van der Waals surface area contributed by atoms with Crippen LogP contribution in [0.25, 0.3) is 11.5 Å². The Hall–Kier alpha value is -1.45. The molecule has 0 spiro atoms. The summed E-state index contributed by atoms with van der Waals surface area (Å²) in [4.78, 5) is 4.18. The smallest absolute Gasteiger partial charge is 0.147 e. The van der Waals surface area contributed by atoms with Gasteiger partial charge in [-0.1, -0.05) is 49.9 Å². The lowest BCUT2D eigenvalue weighted by Crippen LogP contribution is -2.04. The first-order valence-corrected chi connectivity index (χ1v) is 9.22. The highest BCUT2D eigenvalue weighted by molar-refractivity contribution is 6.35. The average molecular weight is 367 g/mol. The number of aromatic nitrogens is 2. The van der Waals surface area contributed by atoms with E-state index in [1.165, 1.54) is 0 Å². The molecule has 1 aromatic carbocycles. The molecule has 0 aliphatic rings. The number of halogens is 2. The molecule has 3 nitrogen and oxygen atoms in total. The second-order valence-electron chi connectivity index (χ2n) is 5.68. The molecule has 5 heteroatoms.